The van der Waals surface area contributed by atoms with E-state index < -0.39 is 23.8 Å². The Morgan fingerprint density at radius 1 is 0.971 bits per heavy atom. The summed E-state index contributed by atoms with van der Waals surface area (Å²) in [7, 11) is 0. The minimum atomic E-state index is -0.842. The van der Waals surface area contributed by atoms with Crippen LogP contribution in [0.2, 0.25) is 0 Å². The average molecular weight is 476 g/mol. The van der Waals surface area contributed by atoms with Crippen molar-refractivity contribution in [3.63, 3.8) is 0 Å². The van der Waals surface area contributed by atoms with Crippen LogP contribution in [0.5, 0.6) is 0 Å². The number of aryl methyl sites for hydroxylation is 1. The number of hydrogen-bond donors (Lipinski definition) is 2. The summed E-state index contributed by atoms with van der Waals surface area (Å²) < 4.78 is 5.39. The van der Waals surface area contributed by atoms with E-state index in [4.69, 9.17) is 4.74 Å². The summed E-state index contributed by atoms with van der Waals surface area (Å²) in [6, 6.07) is 5.68. The van der Waals surface area contributed by atoms with E-state index in [9.17, 15) is 14.4 Å². The van der Waals surface area contributed by atoms with E-state index in [1.54, 1.807) is 25.7 Å². The van der Waals surface area contributed by atoms with Gasteiger partial charge in [0.15, 0.2) is 0 Å². The smallest absolute Gasteiger partial charge is 0.408 e. The largest absolute Gasteiger partial charge is 0.444 e. The highest BCUT2D eigenvalue weighted by atomic mass is 16.6. The molecule has 0 heterocycles. The molecule has 0 aliphatic rings. The molecule has 0 saturated heterocycles. The third-order valence-corrected chi connectivity index (χ3v) is 5.45. The number of rotatable bonds is 10. The van der Waals surface area contributed by atoms with Crippen LogP contribution in [0.1, 0.15) is 92.3 Å². The van der Waals surface area contributed by atoms with Crippen LogP contribution >= 0.6 is 0 Å². The van der Waals surface area contributed by atoms with Gasteiger partial charge in [0.25, 0.3) is 0 Å². The molecular formula is C27H45N3O4. The van der Waals surface area contributed by atoms with Gasteiger partial charge >= 0.3 is 6.09 Å². The van der Waals surface area contributed by atoms with Gasteiger partial charge in [-0.3, -0.25) is 9.59 Å². The van der Waals surface area contributed by atoms with Crippen molar-refractivity contribution in [2.75, 3.05) is 0 Å². The minimum absolute atomic E-state index is 0.0182. The van der Waals surface area contributed by atoms with Gasteiger partial charge in [0.1, 0.15) is 17.7 Å². The van der Waals surface area contributed by atoms with Crippen LogP contribution in [0.4, 0.5) is 4.79 Å². The number of nitrogens with one attached hydrogen (secondary N) is 2. The van der Waals surface area contributed by atoms with E-state index in [2.05, 4.69) is 17.6 Å². The Balaban J connectivity index is 3.41. The number of benzene rings is 1. The second kappa shape index (κ2) is 12.8. The summed E-state index contributed by atoms with van der Waals surface area (Å²) in [5.41, 5.74) is 1.11. The Morgan fingerprint density at radius 2 is 1.53 bits per heavy atom. The van der Waals surface area contributed by atoms with Crippen molar-refractivity contribution in [2.24, 2.45) is 5.92 Å². The minimum Gasteiger partial charge on any atom is -0.444 e. The first-order chi connectivity index (χ1) is 15.7. The number of ether oxygens (including phenoxy) is 1. The first-order valence-electron chi connectivity index (χ1n) is 12.4. The van der Waals surface area contributed by atoms with E-state index in [-0.39, 0.29) is 29.8 Å². The van der Waals surface area contributed by atoms with Crippen molar-refractivity contribution in [1.29, 1.82) is 0 Å². The zero-order valence-corrected chi connectivity index (χ0v) is 22.7. The summed E-state index contributed by atoms with van der Waals surface area (Å²) in [6.07, 6.45) is 1.13. The molecule has 3 atom stereocenters. The lowest BCUT2D eigenvalue weighted by Gasteiger charge is -2.38. The maximum atomic E-state index is 13.9. The summed E-state index contributed by atoms with van der Waals surface area (Å²) in [6.45, 7) is 18.8. The number of amides is 3. The normalized spacial score (nSPS) is 14.4. The maximum absolute atomic E-state index is 13.9. The van der Waals surface area contributed by atoms with Gasteiger partial charge in [0, 0.05) is 12.1 Å². The highest BCUT2D eigenvalue weighted by Crippen LogP contribution is 2.27. The molecule has 7 heteroatoms. The van der Waals surface area contributed by atoms with Crippen molar-refractivity contribution in [3.8, 4) is 0 Å². The Labute approximate surface area is 206 Å². The molecule has 0 aliphatic heterocycles. The highest BCUT2D eigenvalue weighted by molar-refractivity contribution is 5.92. The molecule has 1 rings (SSSR count). The van der Waals surface area contributed by atoms with Gasteiger partial charge in [-0.25, -0.2) is 4.79 Å². The third-order valence-electron chi connectivity index (χ3n) is 5.45. The first-order valence-corrected chi connectivity index (χ1v) is 12.4. The van der Waals surface area contributed by atoms with Crippen LogP contribution in [-0.4, -0.2) is 46.5 Å². The molecule has 192 valence electrons. The Morgan fingerprint density at radius 3 is 1.97 bits per heavy atom. The van der Waals surface area contributed by atoms with E-state index in [0.717, 1.165) is 24.0 Å². The fraction of sp³-hybridized carbons (Fsp3) is 0.667. The standard InChI is InChI=1S/C27H45N3O4/c1-11-12-20(7)28-24(31)23(21-15-13-19(6)14-16-21)30(18(4)5)25(32)22(17(2)3)29-26(33)34-27(8,9)10/h13-18,20,22-23H,11-12H2,1-10H3,(H,28,31)(H,29,33). The Kier molecular flexibility index (Phi) is 11.1. The molecular weight excluding hydrogens is 430 g/mol. The lowest BCUT2D eigenvalue weighted by molar-refractivity contribution is -0.145. The Hall–Kier alpha value is -2.57. The second-order valence-corrected chi connectivity index (χ2v) is 10.7. The van der Waals surface area contributed by atoms with Gasteiger partial charge < -0.3 is 20.3 Å². The van der Waals surface area contributed by atoms with Crippen LogP contribution in [0, 0.1) is 12.8 Å². The number of carbonyl (C=O) groups excluding carboxylic acids is 3. The van der Waals surface area contributed by atoms with Gasteiger partial charge in [-0.2, -0.15) is 0 Å². The molecule has 1 aromatic carbocycles. The summed E-state index contributed by atoms with van der Waals surface area (Å²) >= 11 is 0. The zero-order valence-electron chi connectivity index (χ0n) is 22.7. The van der Waals surface area contributed by atoms with Gasteiger partial charge in [-0.1, -0.05) is 57.0 Å². The monoisotopic (exact) mass is 475 g/mol. The summed E-state index contributed by atoms with van der Waals surface area (Å²) in [5, 5.41) is 5.82. The SMILES string of the molecule is CCCC(C)NC(=O)C(c1ccc(C)cc1)N(C(=O)C(NC(=O)OC(C)(C)C)C(C)C)C(C)C. The number of alkyl carbamates (subject to hydrolysis) is 1. The van der Waals surface area contributed by atoms with Crippen molar-refractivity contribution in [1.82, 2.24) is 15.5 Å². The molecule has 3 unspecified atom stereocenters. The van der Waals surface area contributed by atoms with Crippen LogP contribution in [0.3, 0.4) is 0 Å². The maximum Gasteiger partial charge on any atom is 0.408 e. The van der Waals surface area contributed by atoms with Gasteiger partial charge in [0.05, 0.1) is 0 Å². The van der Waals surface area contributed by atoms with E-state index in [1.807, 2.05) is 65.8 Å². The fourth-order valence-corrected chi connectivity index (χ4v) is 3.80. The first kappa shape index (κ1) is 29.5. The van der Waals surface area contributed by atoms with Crippen molar-refractivity contribution >= 4 is 17.9 Å². The van der Waals surface area contributed by atoms with Gasteiger partial charge in [-0.15, -0.1) is 0 Å². The second-order valence-electron chi connectivity index (χ2n) is 10.7. The molecule has 0 bridgehead atoms. The molecule has 34 heavy (non-hydrogen) atoms. The molecule has 0 aromatic heterocycles. The van der Waals surface area contributed by atoms with Crippen molar-refractivity contribution in [3.05, 3.63) is 35.4 Å². The highest BCUT2D eigenvalue weighted by Gasteiger charge is 2.39. The molecule has 1 aromatic rings. The van der Waals surface area contributed by atoms with E-state index in [1.165, 1.54) is 0 Å². The third kappa shape index (κ3) is 8.99. The predicted molar refractivity (Wildman–Crippen MR) is 136 cm³/mol. The van der Waals surface area contributed by atoms with Crippen LogP contribution in [0.25, 0.3) is 0 Å². The number of carbonyl (C=O) groups is 3. The lowest BCUT2D eigenvalue weighted by Crippen LogP contribution is -2.57. The summed E-state index contributed by atoms with van der Waals surface area (Å²) in [5.74, 6) is -0.756. The van der Waals surface area contributed by atoms with Crippen LogP contribution in [-0.2, 0) is 14.3 Å². The van der Waals surface area contributed by atoms with Crippen molar-refractivity contribution < 1.29 is 19.1 Å². The zero-order chi connectivity index (χ0) is 26.2. The van der Waals surface area contributed by atoms with Crippen molar-refractivity contribution in [2.45, 2.75) is 112 Å². The van der Waals surface area contributed by atoms with Gasteiger partial charge in [0.2, 0.25) is 11.8 Å². The molecule has 0 fully saturated rings. The van der Waals surface area contributed by atoms with Crippen LogP contribution in [0.15, 0.2) is 24.3 Å². The Bertz CT molecular complexity index is 812. The molecule has 2 N–H and O–H groups in total. The molecule has 0 aliphatic carbocycles. The number of nitrogens with zero attached hydrogens (tertiary/aromatic N) is 1. The topological polar surface area (TPSA) is 87.7 Å². The number of hydrogen-bond acceptors (Lipinski definition) is 4. The molecule has 0 saturated carbocycles. The predicted octanol–water partition coefficient (Wildman–Crippen LogP) is 5.13. The van der Waals surface area contributed by atoms with Crippen LogP contribution < -0.4 is 10.6 Å². The average Bonchev–Trinajstić information content (AvgIpc) is 2.68. The lowest BCUT2D eigenvalue weighted by atomic mass is 9.96. The molecule has 0 radical (unpaired) electrons. The fourth-order valence-electron chi connectivity index (χ4n) is 3.80. The summed E-state index contributed by atoms with van der Waals surface area (Å²) in [4.78, 5) is 41.5. The molecule has 7 nitrogen and oxygen atoms in total. The van der Waals surface area contributed by atoms with E-state index >= 15 is 0 Å². The molecule has 0 spiro atoms. The quantitative estimate of drug-likeness (QED) is 0.491. The van der Waals surface area contributed by atoms with Gasteiger partial charge in [-0.05, 0) is 66.4 Å². The molecule has 3 amide bonds. The van der Waals surface area contributed by atoms with E-state index in [0.29, 0.717) is 0 Å².